The van der Waals surface area contributed by atoms with Crippen LogP contribution in [0.3, 0.4) is 0 Å². The van der Waals surface area contributed by atoms with Crippen LogP contribution in [-0.4, -0.2) is 39.5 Å². The minimum absolute atomic E-state index is 0.0478. The molecule has 0 spiro atoms. The number of rotatable bonds is 4. The smallest absolute Gasteiger partial charge is 0.411 e. The molecule has 0 unspecified atom stereocenters. The highest BCUT2D eigenvalue weighted by atomic mass is 19.4. The maximum Gasteiger partial charge on any atom is 0.411 e. The molecular weight excluding hydrogens is 315 g/mol. The Morgan fingerprint density at radius 3 is 2.74 bits per heavy atom. The summed E-state index contributed by atoms with van der Waals surface area (Å²) in [7, 11) is 1.50. The summed E-state index contributed by atoms with van der Waals surface area (Å²) in [5.74, 6) is 0.638. The van der Waals surface area contributed by atoms with Crippen molar-refractivity contribution in [2.45, 2.75) is 12.8 Å². The van der Waals surface area contributed by atoms with Gasteiger partial charge in [-0.25, -0.2) is 9.97 Å². The van der Waals surface area contributed by atoms with Crippen LogP contribution in [0.4, 0.5) is 19.1 Å². The van der Waals surface area contributed by atoms with Crippen LogP contribution in [0.25, 0.3) is 16.6 Å². The molecule has 0 saturated carbocycles. The van der Waals surface area contributed by atoms with Gasteiger partial charge in [-0.2, -0.15) is 17.7 Å². The molecule has 0 amide bonds. The van der Waals surface area contributed by atoms with Gasteiger partial charge in [-0.15, -0.1) is 5.10 Å². The Bertz CT molecular complexity index is 862. The highest BCUT2D eigenvalue weighted by Gasteiger charge is 2.27. The van der Waals surface area contributed by atoms with E-state index in [0.717, 1.165) is 0 Å². The summed E-state index contributed by atoms with van der Waals surface area (Å²) >= 11 is 0. The zero-order valence-corrected chi connectivity index (χ0v) is 12.0. The fourth-order valence-corrected chi connectivity index (χ4v) is 2.15. The van der Waals surface area contributed by atoms with Crippen molar-refractivity contribution >= 4 is 22.5 Å². The van der Waals surface area contributed by atoms with E-state index in [-0.39, 0.29) is 18.4 Å². The SMILES string of the molecule is COc1cccc2c1nc(N)n1nc(COCC(F)(F)F)nc21. The lowest BCUT2D eigenvalue weighted by Gasteiger charge is -2.06. The molecule has 0 aliphatic heterocycles. The van der Waals surface area contributed by atoms with Gasteiger partial charge in [-0.3, -0.25) is 0 Å². The van der Waals surface area contributed by atoms with Gasteiger partial charge in [0.05, 0.1) is 7.11 Å². The number of benzene rings is 1. The largest absolute Gasteiger partial charge is 0.494 e. The molecule has 23 heavy (non-hydrogen) atoms. The van der Waals surface area contributed by atoms with Crippen LogP contribution in [0.15, 0.2) is 18.2 Å². The first-order chi connectivity index (χ1) is 10.9. The number of nitrogens with zero attached hydrogens (tertiary/aromatic N) is 4. The van der Waals surface area contributed by atoms with Crippen molar-refractivity contribution in [1.82, 2.24) is 19.6 Å². The van der Waals surface area contributed by atoms with Gasteiger partial charge in [0.15, 0.2) is 11.5 Å². The van der Waals surface area contributed by atoms with Crippen molar-refractivity contribution in [3.63, 3.8) is 0 Å². The van der Waals surface area contributed by atoms with E-state index in [2.05, 4.69) is 19.8 Å². The zero-order chi connectivity index (χ0) is 16.6. The number of anilines is 1. The third-order valence-corrected chi connectivity index (χ3v) is 3.05. The molecule has 2 aromatic heterocycles. The maximum atomic E-state index is 12.1. The van der Waals surface area contributed by atoms with Crippen LogP contribution >= 0.6 is 0 Å². The molecule has 0 aliphatic carbocycles. The first-order valence-electron chi connectivity index (χ1n) is 6.51. The number of nitrogen functional groups attached to an aromatic ring is 1. The van der Waals surface area contributed by atoms with E-state index in [0.29, 0.717) is 22.3 Å². The summed E-state index contributed by atoms with van der Waals surface area (Å²) in [6.07, 6.45) is -4.40. The predicted molar refractivity (Wildman–Crippen MR) is 75.0 cm³/mol. The molecule has 0 atom stereocenters. The molecule has 2 heterocycles. The molecule has 0 radical (unpaired) electrons. The van der Waals surface area contributed by atoms with Crippen LogP contribution in [0, 0.1) is 0 Å². The number of aromatic nitrogens is 4. The molecule has 122 valence electrons. The van der Waals surface area contributed by atoms with Gasteiger partial charge < -0.3 is 15.2 Å². The lowest BCUT2D eigenvalue weighted by molar-refractivity contribution is -0.177. The lowest BCUT2D eigenvalue weighted by Crippen LogP contribution is -2.17. The van der Waals surface area contributed by atoms with Crippen molar-refractivity contribution in [2.75, 3.05) is 19.5 Å². The Morgan fingerprint density at radius 1 is 1.26 bits per heavy atom. The summed E-state index contributed by atoms with van der Waals surface area (Å²) in [5, 5.41) is 4.64. The zero-order valence-electron chi connectivity index (χ0n) is 12.0. The van der Waals surface area contributed by atoms with Crippen LogP contribution < -0.4 is 10.5 Å². The number of hydrogen-bond acceptors (Lipinski definition) is 6. The molecule has 0 bridgehead atoms. The monoisotopic (exact) mass is 327 g/mol. The van der Waals surface area contributed by atoms with Crippen molar-refractivity contribution in [1.29, 1.82) is 0 Å². The highest BCUT2D eigenvalue weighted by Crippen LogP contribution is 2.27. The molecule has 1 aromatic carbocycles. The Morgan fingerprint density at radius 2 is 2.04 bits per heavy atom. The topological polar surface area (TPSA) is 87.6 Å². The van der Waals surface area contributed by atoms with E-state index in [9.17, 15) is 13.2 Å². The number of ether oxygens (including phenoxy) is 2. The van der Waals surface area contributed by atoms with Gasteiger partial charge in [0, 0.05) is 5.39 Å². The second kappa shape index (κ2) is 5.54. The summed E-state index contributed by atoms with van der Waals surface area (Å²) in [6, 6.07) is 5.21. The molecule has 10 heteroatoms. The van der Waals surface area contributed by atoms with Crippen LogP contribution in [-0.2, 0) is 11.3 Å². The van der Waals surface area contributed by atoms with Gasteiger partial charge >= 0.3 is 6.18 Å². The van der Waals surface area contributed by atoms with E-state index in [1.165, 1.54) is 11.6 Å². The second-order valence-electron chi connectivity index (χ2n) is 4.70. The summed E-state index contributed by atoms with van der Waals surface area (Å²) in [6.45, 7) is -1.75. The second-order valence-corrected chi connectivity index (χ2v) is 4.70. The number of halogens is 3. The number of alkyl halides is 3. The van der Waals surface area contributed by atoms with Gasteiger partial charge in [0.2, 0.25) is 5.95 Å². The maximum absolute atomic E-state index is 12.1. The van der Waals surface area contributed by atoms with Crippen LogP contribution in [0.2, 0.25) is 0 Å². The van der Waals surface area contributed by atoms with E-state index in [1.807, 2.05) is 0 Å². The summed E-state index contributed by atoms with van der Waals surface area (Å²) in [5.41, 5.74) is 6.70. The van der Waals surface area contributed by atoms with Crippen molar-refractivity contribution in [2.24, 2.45) is 0 Å². The Balaban J connectivity index is 2.02. The third-order valence-electron chi connectivity index (χ3n) is 3.05. The van der Waals surface area contributed by atoms with Gasteiger partial charge in [-0.05, 0) is 12.1 Å². The van der Waals surface area contributed by atoms with Crippen molar-refractivity contribution in [3.8, 4) is 5.75 Å². The van der Waals surface area contributed by atoms with Gasteiger partial charge in [-0.1, -0.05) is 6.07 Å². The normalized spacial score (nSPS) is 12.2. The van der Waals surface area contributed by atoms with Crippen LogP contribution in [0.1, 0.15) is 5.82 Å². The highest BCUT2D eigenvalue weighted by molar-refractivity contribution is 5.95. The lowest BCUT2D eigenvalue weighted by atomic mass is 10.2. The summed E-state index contributed by atoms with van der Waals surface area (Å²) in [4.78, 5) is 8.38. The van der Waals surface area contributed by atoms with E-state index in [4.69, 9.17) is 10.5 Å². The number of nitrogens with two attached hydrogens (primary N) is 1. The Labute approximate surface area is 127 Å². The molecule has 7 nitrogen and oxygen atoms in total. The van der Waals surface area contributed by atoms with E-state index < -0.39 is 12.8 Å². The fraction of sp³-hybridized carbons (Fsp3) is 0.308. The predicted octanol–water partition coefficient (Wildman–Crippen LogP) is 1.95. The average molecular weight is 327 g/mol. The molecule has 3 rings (SSSR count). The number of para-hydroxylation sites is 1. The fourth-order valence-electron chi connectivity index (χ4n) is 2.15. The first kappa shape index (κ1) is 15.3. The van der Waals surface area contributed by atoms with Gasteiger partial charge in [0.1, 0.15) is 24.5 Å². The van der Waals surface area contributed by atoms with E-state index >= 15 is 0 Å². The Hall–Kier alpha value is -2.62. The first-order valence-corrected chi connectivity index (χ1v) is 6.51. The minimum Gasteiger partial charge on any atom is -0.494 e. The number of fused-ring (bicyclic) bond motifs is 3. The molecule has 2 N–H and O–H groups in total. The minimum atomic E-state index is -4.40. The molecular formula is C13H12F3N5O2. The molecule has 0 aliphatic rings. The van der Waals surface area contributed by atoms with Crippen molar-refractivity contribution < 1.29 is 22.6 Å². The molecule has 0 fully saturated rings. The summed E-state index contributed by atoms with van der Waals surface area (Å²) < 4.78 is 47.3. The molecule has 0 saturated heterocycles. The number of hydrogen-bond donors (Lipinski definition) is 1. The standard InChI is InChI=1S/C13H12F3N5O2/c1-22-8-4-2-3-7-10(8)19-12(17)21-11(7)18-9(20-21)5-23-6-13(14,15)16/h2-4H,5-6H2,1H3,(H2,17,19). The number of methoxy groups -OCH3 is 1. The molecule has 3 aromatic rings. The van der Waals surface area contributed by atoms with Crippen LogP contribution in [0.5, 0.6) is 5.75 Å². The average Bonchev–Trinajstić information content (AvgIpc) is 2.90. The third kappa shape index (κ3) is 2.97. The van der Waals surface area contributed by atoms with E-state index in [1.54, 1.807) is 18.2 Å². The Kier molecular flexibility index (Phi) is 3.68. The van der Waals surface area contributed by atoms with Gasteiger partial charge in [0.25, 0.3) is 0 Å². The quantitative estimate of drug-likeness (QED) is 0.788. The van der Waals surface area contributed by atoms with Crippen molar-refractivity contribution in [3.05, 3.63) is 24.0 Å².